The number of nitrogens with one attached hydrogen (secondary N) is 2. The molecule has 3 aromatic rings. The van der Waals surface area contributed by atoms with Gasteiger partial charge in [0.25, 0.3) is 5.91 Å². The molecule has 1 aliphatic heterocycles. The molecule has 166 valence electrons. The summed E-state index contributed by atoms with van der Waals surface area (Å²) in [5.74, 6) is 0.635. The number of aliphatic imine (C=N–C) groups is 1. The summed E-state index contributed by atoms with van der Waals surface area (Å²) in [4.78, 5) is 17.4. The van der Waals surface area contributed by atoms with Crippen LogP contribution >= 0.6 is 0 Å². The minimum Gasteiger partial charge on any atom is -0.454 e. The Morgan fingerprint density at radius 3 is 2.75 bits per heavy atom. The van der Waals surface area contributed by atoms with Crippen molar-refractivity contribution >= 4 is 17.6 Å². The lowest BCUT2D eigenvalue weighted by Gasteiger charge is -2.12. The summed E-state index contributed by atoms with van der Waals surface area (Å²) in [5, 5.41) is 10.3. The quantitative estimate of drug-likeness (QED) is 0.451. The maximum Gasteiger partial charge on any atom is 0.258 e. The lowest BCUT2D eigenvalue weighted by atomic mass is 10.2. The van der Waals surface area contributed by atoms with Gasteiger partial charge in [-0.3, -0.25) is 14.8 Å². The molecule has 0 radical (unpaired) electrons. The SMILES string of the molecule is CCCn1cc(CN=C(NC(=O)c2ccc3c(c2)OCO3)Nc2ccc(F)cc2)c(C)n1. The van der Waals surface area contributed by atoms with Crippen LogP contribution in [0.1, 0.15) is 35.0 Å². The fourth-order valence-electron chi connectivity index (χ4n) is 3.22. The van der Waals surface area contributed by atoms with Crippen molar-refractivity contribution in [2.75, 3.05) is 12.1 Å². The monoisotopic (exact) mass is 437 g/mol. The number of halogens is 1. The highest BCUT2D eigenvalue weighted by Gasteiger charge is 2.17. The molecule has 1 aliphatic rings. The van der Waals surface area contributed by atoms with Crippen molar-refractivity contribution in [1.82, 2.24) is 15.1 Å². The predicted molar refractivity (Wildman–Crippen MR) is 118 cm³/mol. The fraction of sp³-hybridized carbons (Fsp3) is 0.261. The van der Waals surface area contributed by atoms with Gasteiger partial charge in [0, 0.05) is 29.6 Å². The molecule has 9 heteroatoms. The summed E-state index contributed by atoms with van der Waals surface area (Å²) in [6, 6.07) is 10.8. The molecule has 1 aromatic heterocycles. The third-order valence-electron chi connectivity index (χ3n) is 4.88. The van der Waals surface area contributed by atoms with Gasteiger partial charge in [-0.1, -0.05) is 6.92 Å². The minimum absolute atomic E-state index is 0.129. The Morgan fingerprint density at radius 2 is 1.97 bits per heavy atom. The molecule has 0 aliphatic carbocycles. The molecule has 0 atom stereocenters. The molecule has 2 N–H and O–H groups in total. The van der Waals surface area contributed by atoms with Gasteiger partial charge in [0.05, 0.1) is 12.2 Å². The maximum atomic E-state index is 13.3. The zero-order valence-corrected chi connectivity index (χ0v) is 17.9. The van der Waals surface area contributed by atoms with Crippen LogP contribution in [-0.4, -0.2) is 28.4 Å². The minimum atomic E-state index is -0.366. The number of guanidine groups is 1. The topological polar surface area (TPSA) is 89.8 Å². The number of amides is 1. The summed E-state index contributed by atoms with van der Waals surface area (Å²) in [6.45, 7) is 5.29. The highest BCUT2D eigenvalue weighted by molar-refractivity contribution is 6.10. The van der Waals surface area contributed by atoms with Gasteiger partial charge in [-0.25, -0.2) is 9.38 Å². The van der Waals surface area contributed by atoms with Gasteiger partial charge in [-0.05, 0) is 55.8 Å². The Hall–Kier alpha value is -3.88. The van der Waals surface area contributed by atoms with Gasteiger partial charge in [0.2, 0.25) is 12.8 Å². The van der Waals surface area contributed by atoms with Crippen molar-refractivity contribution in [2.45, 2.75) is 33.4 Å². The van der Waals surface area contributed by atoms with Crippen LogP contribution in [0.15, 0.2) is 53.7 Å². The number of nitrogens with zero attached hydrogens (tertiary/aromatic N) is 3. The van der Waals surface area contributed by atoms with Gasteiger partial charge in [0.1, 0.15) is 5.82 Å². The Balaban J connectivity index is 1.54. The first kappa shape index (κ1) is 21.4. The van der Waals surface area contributed by atoms with E-state index in [1.807, 2.05) is 17.8 Å². The molecule has 0 spiro atoms. The first-order chi connectivity index (χ1) is 15.5. The zero-order chi connectivity index (χ0) is 22.5. The van der Waals surface area contributed by atoms with Gasteiger partial charge in [-0.2, -0.15) is 5.10 Å². The van der Waals surface area contributed by atoms with Crippen LogP contribution in [0.2, 0.25) is 0 Å². The lowest BCUT2D eigenvalue weighted by Crippen LogP contribution is -2.36. The number of ether oxygens (including phenoxy) is 2. The van der Waals surface area contributed by atoms with E-state index in [0.717, 1.165) is 24.2 Å². The number of hydrogen-bond donors (Lipinski definition) is 2. The van der Waals surface area contributed by atoms with E-state index in [4.69, 9.17) is 9.47 Å². The number of hydrogen-bond acceptors (Lipinski definition) is 5. The Labute approximate surface area is 185 Å². The highest BCUT2D eigenvalue weighted by atomic mass is 19.1. The first-order valence-electron chi connectivity index (χ1n) is 10.3. The Bertz CT molecular complexity index is 1140. The average Bonchev–Trinajstić information content (AvgIpc) is 3.39. The van der Waals surface area contributed by atoms with Crippen molar-refractivity contribution < 1.29 is 18.7 Å². The number of rotatable bonds is 6. The van der Waals surface area contributed by atoms with Crippen LogP contribution in [0, 0.1) is 12.7 Å². The second-order valence-corrected chi connectivity index (χ2v) is 7.32. The predicted octanol–water partition coefficient (Wildman–Crippen LogP) is 3.87. The number of benzene rings is 2. The summed E-state index contributed by atoms with van der Waals surface area (Å²) >= 11 is 0. The summed E-state index contributed by atoms with van der Waals surface area (Å²) in [5.41, 5.74) is 2.82. The standard InChI is InChI=1S/C23H24FN5O3/c1-3-10-29-13-17(15(2)28-29)12-25-23(26-19-7-5-18(24)6-8-19)27-22(30)16-4-9-20-21(11-16)32-14-31-20/h4-9,11,13H,3,10,12,14H2,1-2H3,(H2,25,26,27,30). The van der Waals surface area contributed by atoms with E-state index in [1.165, 1.54) is 12.1 Å². The molecule has 2 heterocycles. The lowest BCUT2D eigenvalue weighted by molar-refractivity contribution is 0.0976. The maximum absolute atomic E-state index is 13.3. The van der Waals surface area contributed by atoms with E-state index in [0.29, 0.717) is 29.3 Å². The van der Waals surface area contributed by atoms with E-state index in [9.17, 15) is 9.18 Å². The van der Waals surface area contributed by atoms with Crippen LogP contribution in [-0.2, 0) is 13.1 Å². The Morgan fingerprint density at radius 1 is 1.19 bits per heavy atom. The number of aryl methyl sites for hydroxylation is 2. The zero-order valence-electron chi connectivity index (χ0n) is 17.9. The van der Waals surface area contributed by atoms with Crippen molar-refractivity contribution in [3.05, 3.63) is 71.3 Å². The number of anilines is 1. The van der Waals surface area contributed by atoms with Gasteiger partial charge in [-0.15, -0.1) is 0 Å². The summed E-state index contributed by atoms with van der Waals surface area (Å²) in [7, 11) is 0. The van der Waals surface area contributed by atoms with Gasteiger partial charge < -0.3 is 14.8 Å². The summed E-state index contributed by atoms with van der Waals surface area (Å²) < 4.78 is 25.8. The van der Waals surface area contributed by atoms with Crippen LogP contribution in [0.25, 0.3) is 0 Å². The van der Waals surface area contributed by atoms with E-state index in [2.05, 4.69) is 27.6 Å². The number of carbonyl (C=O) groups is 1. The fourth-order valence-corrected chi connectivity index (χ4v) is 3.22. The van der Waals surface area contributed by atoms with E-state index >= 15 is 0 Å². The molecule has 0 bridgehead atoms. The van der Waals surface area contributed by atoms with E-state index < -0.39 is 0 Å². The molecule has 8 nitrogen and oxygen atoms in total. The van der Waals surface area contributed by atoms with Crippen molar-refractivity contribution in [3.63, 3.8) is 0 Å². The highest BCUT2D eigenvalue weighted by Crippen LogP contribution is 2.32. The van der Waals surface area contributed by atoms with Crippen LogP contribution in [0.5, 0.6) is 11.5 Å². The molecule has 32 heavy (non-hydrogen) atoms. The van der Waals surface area contributed by atoms with Crippen LogP contribution in [0.4, 0.5) is 10.1 Å². The second-order valence-electron chi connectivity index (χ2n) is 7.32. The van der Waals surface area contributed by atoms with Gasteiger partial charge >= 0.3 is 0 Å². The number of fused-ring (bicyclic) bond motifs is 1. The molecule has 1 amide bonds. The molecule has 0 unspecified atom stereocenters. The molecule has 0 saturated heterocycles. The smallest absolute Gasteiger partial charge is 0.258 e. The largest absolute Gasteiger partial charge is 0.454 e. The van der Waals surface area contributed by atoms with Crippen molar-refractivity contribution in [3.8, 4) is 11.5 Å². The molecule has 4 rings (SSSR count). The first-order valence-corrected chi connectivity index (χ1v) is 10.3. The number of carbonyl (C=O) groups excluding carboxylic acids is 1. The second kappa shape index (κ2) is 9.51. The molecule has 2 aromatic carbocycles. The average molecular weight is 437 g/mol. The molecule has 0 saturated carbocycles. The normalized spacial score (nSPS) is 12.7. The number of aromatic nitrogens is 2. The van der Waals surface area contributed by atoms with E-state index in [1.54, 1.807) is 30.3 Å². The van der Waals surface area contributed by atoms with Crippen LogP contribution in [0.3, 0.4) is 0 Å². The Kier molecular flexibility index (Phi) is 6.34. The molecular formula is C23H24FN5O3. The third kappa shape index (κ3) is 5.05. The van der Waals surface area contributed by atoms with Crippen molar-refractivity contribution in [1.29, 1.82) is 0 Å². The van der Waals surface area contributed by atoms with Crippen molar-refractivity contribution in [2.24, 2.45) is 4.99 Å². The third-order valence-corrected chi connectivity index (χ3v) is 4.88. The molecule has 0 fully saturated rings. The molecular weight excluding hydrogens is 413 g/mol. The van der Waals surface area contributed by atoms with E-state index in [-0.39, 0.29) is 24.5 Å². The van der Waals surface area contributed by atoms with Crippen LogP contribution < -0.4 is 20.1 Å². The van der Waals surface area contributed by atoms with Gasteiger partial charge in [0.15, 0.2) is 11.5 Å². The summed E-state index contributed by atoms with van der Waals surface area (Å²) in [6.07, 6.45) is 2.93.